The number of hydrogen-bond acceptors (Lipinski definition) is 1. The average molecular weight is 233 g/mol. The van der Waals surface area contributed by atoms with Crippen molar-refractivity contribution in [2.45, 2.75) is 0 Å². The lowest BCUT2D eigenvalue weighted by molar-refractivity contribution is 0.466. The molecule has 0 saturated carbocycles. The highest BCUT2D eigenvalue weighted by Crippen LogP contribution is 2.53. The van der Waals surface area contributed by atoms with Gasteiger partial charge in [-0.2, -0.15) is 4.85 Å². The maximum Gasteiger partial charge on any atom is 0.183 e. The molecule has 0 radical (unpaired) electrons. The summed E-state index contributed by atoms with van der Waals surface area (Å²) in [6, 6.07) is 0. The molecule has 0 saturated heterocycles. The summed E-state index contributed by atoms with van der Waals surface area (Å²) in [5.74, 6) is 0. The SMILES string of the molecule is C=CCNN=P(N(C)C)(N(C)C)N(C)C. The Kier molecular flexibility index (Phi) is 6.32. The molecule has 0 bridgehead atoms. The second-order valence-corrected chi connectivity index (χ2v) is 7.50. The zero-order valence-electron chi connectivity index (χ0n) is 10.7. The van der Waals surface area contributed by atoms with E-state index < -0.39 is 7.51 Å². The van der Waals surface area contributed by atoms with Crippen molar-refractivity contribution in [1.82, 2.24) is 19.4 Å². The van der Waals surface area contributed by atoms with Gasteiger partial charge in [0.25, 0.3) is 0 Å². The van der Waals surface area contributed by atoms with Crippen LogP contribution >= 0.6 is 7.51 Å². The van der Waals surface area contributed by atoms with E-state index >= 15 is 0 Å². The van der Waals surface area contributed by atoms with Gasteiger partial charge >= 0.3 is 0 Å². The summed E-state index contributed by atoms with van der Waals surface area (Å²) < 4.78 is 6.47. The van der Waals surface area contributed by atoms with E-state index in [0.29, 0.717) is 6.54 Å². The van der Waals surface area contributed by atoms with Crippen molar-refractivity contribution in [2.75, 3.05) is 48.8 Å². The van der Waals surface area contributed by atoms with Gasteiger partial charge in [0.2, 0.25) is 0 Å². The fourth-order valence-electron chi connectivity index (χ4n) is 1.54. The second-order valence-electron chi connectivity index (χ2n) is 3.83. The van der Waals surface area contributed by atoms with Crippen LogP contribution in [0.4, 0.5) is 0 Å². The number of nitrogens with one attached hydrogen (secondary N) is 1. The molecular formula is C9H24N5P. The van der Waals surface area contributed by atoms with Crippen LogP contribution in [0.5, 0.6) is 0 Å². The summed E-state index contributed by atoms with van der Waals surface area (Å²) in [4.78, 5) is 4.61. The van der Waals surface area contributed by atoms with Crippen LogP contribution in [0, 0.1) is 0 Å². The fraction of sp³-hybridized carbons (Fsp3) is 0.778. The molecule has 0 aromatic heterocycles. The Bertz CT molecular complexity index is 218. The summed E-state index contributed by atoms with van der Waals surface area (Å²) in [6.07, 6.45) is 1.80. The standard InChI is InChI=1S/C9H24N5P/c1-8-9-10-11-15(12(2)3,13(4)5)14(6)7/h8,10H,1,9H2,2-7H3. The molecule has 15 heavy (non-hydrogen) atoms. The van der Waals surface area contributed by atoms with E-state index in [2.05, 4.69) is 30.9 Å². The van der Waals surface area contributed by atoms with Gasteiger partial charge in [0, 0.05) is 6.54 Å². The molecule has 0 amide bonds. The van der Waals surface area contributed by atoms with Crippen LogP contribution in [-0.4, -0.2) is 62.8 Å². The highest BCUT2D eigenvalue weighted by Gasteiger charge is 2.28. The van der Waals surface area contributed by atoms with Gasteiger partial charge in [-0.25, -0.2) is 5.43 Å². The van der Waals surface area contributed by atoms with Crippen molar-refractivity contribution in [2.24, 2.45) is 4.85 Å². The molecule has 0 aliphatic heterocycles. The molecule has 0 spiro atoms. The molecular weight excluding hydrogens is 209 g/mol. The third-order valence-electron chi connectivity index (χ3n) is 2.05. The molecule has 0 fully saturated rings. The molecule has 1 N–H and O–H groups in total. The van der Waals surface area contributed by atoms with Gasteiger partial charge in [-0.15, -0.1) is 6.58 Å². The minimum Gasteiger partial charge on any atom is -0.251 e. The average Bonchev–Trinajstić information content (AvgIpc) is 2.10. The van der Waals surface area contributed by atoms with Crippen LogP contribution in [0.25, 0.3) is 0 Å². The minimum absolute atomic E-state index is 0.692. The highest BCUT2D eigenvalue weighted by molar-refractivity contribution is 7.58. The monoisotopic (exact) mass is 233 g/mol. The predicted octanol–water partition coefficient (Wildman–Crippen LogP) is 1.31. The third kappa shape index (κ3) is 3.40. The Morgan fingerprint density at radius 3 is 1.73 bits per heavy atom. The van der Waals surface area contributed by atoms with Gasteiger partial charge < -0.3 is 0 Å². The smallest absolute Gasteiger partial charge is 0.183 e. The Morgan fingerprint density at radius 1 is 1.07 bits per heavy atom. The van der Waals surface area contributed by atoms with E-state index in [1.54, 1.807) is 6.08 Å². The maximum atomic E-state index is 4.61. The molecule has 0 aliphatic carbocycles. The van der Waals surface area contributed by atoms with Crippen LogP contribution in [0.3, 0.4) is 0 Å². The first-order valence-corrected chi connectivity index (χ1v) is 6.48. The van der Waals surface area contributed by atoms with Gasteiger partial charge in [-0.1, -0.05) is 6.08 Å². The van der Waals surface area contributed by atoms with Crippen LogP contribution in [0.15, 0.2) is 17.5 Å². The van der Waals surface area contributed by atoms with Crippen LogP contribution in [0.1, 0.15) is 0 Å². The summed E-state index contributed by atoms with van der Waals surface area (Å²) in [5.41, 5.74) is 3.05. The third-order valence-corrected chi connectivity index (χ3v) is 5.68. The number of hydrogen-bond donors (Lipinski definition) is 1. The quantitative estimate of drug-likeness (QED) is 0.324. The zero-order valence-corrected chi connectivity index (χ0v) is 11.6. The zero-order chi connectivity index (χ0) is 12.1. The van der Waals surface area contributed by atoms with Crippen molar-refractivity contribution >= 4 is 7.51 Å². The van der Waals surface area contributed by atoms with Crippen molar-refractivity contribution < 1.29 is 0 Å². The number of nitrogens with zero attached hydrogens (tertiary/aromatic N) is 4. The molecule has 0 unspecified atom stereocenters. The maximum absolute atomic E-state index is 4.61. The number of rotatable bonds is 6. The molecule has 6 heteroatoms. The van der Waals surface area contributed by atoms with Crippen molar-refractivity contribution in [1.29, 1.82) is 0 Å². The van der Waals surface area contributed by atoms with Crippen LogP contribution < -0.4 is 5.43 Å². The first-order valence-electron chi connectivity index (χ1n) is 4.88. The Balaban J connectivity index is 5.12. The molecule has 0 aliphatic rings. The first-order chi connectivity index (χ1) is 6.89. The minimum atomic E-state index is -1.78. The van der Waals surface area contributed by atoms with E-state index in [0.717, 1.165) is 0 Å². The van der Waals surface area contributed by atoms with E-state index in [1.165, 1.54) is 0 Å². The molecule has 0 rings (SSSR count). The van der Waals surface area contributed by atoms with Crippen molar-refractivity contribution in [3.8, 4) is 0 Å². The second kappa shape index (κ2) is 6.40. The van der Waals surface area contributed by atoms with Crippen molar-refractivity contribution in [3.05, 3.63) is 12.7 Å². The Labute approximate surface area is 93.9 Å². The van der Waals surface area contributed by atoms with Gasteiger partial charge in [-0.3, -0.25) is 14.0 Å². The molecule has 0 aromatic carbocycles. The Morgan fingerprint density at radius 2 is 1.47 bits per heavy atom. The van der Waals surface area contributed by atoms with Crippen LogP contribution in [0.2, 0.25) is 0 Å². The highest BCUT2D eigenvalue weighted by atomic mass is 31.2. The molecule has 5 nitrogen and oxygen atoms in total. The van der Waals surface area contributed by atoms with Gasteiger partial charge in [0.1, 0.15) is 0 Å². The molecule has 0 heterocycles. The lowest BCUT2D eigenvalue weighted by Crippen LogP contribution is -2.32. The van der Waals surface area contributed by atoms with Crippen LogP contribution in [-0.2, 0) is 0 Å². The van der Waals surface area contributed by atoms with E-state index in [4.69, 9.17) is 0 Å². The van der Waals surface area contributed by atoms with E-state index in [9.17, 15) is 0 Å². The normalized spacial score (nSPS) is 12.6. The van der Waals surface area contributed by atoms with Gasteiger partial charge in [0.05, 0.1) is 0 Å². The molecule has 0 atom stereocenters. The van der Waals surface area contributed by atoms with Crippen molar-refractivity contribution in [3.63, 3.8) is 0 Å². The predicted molar refractivity (Wildman–Crippen MR) is 68.6 cm³/mol. The summed E-state index contributed by atoms with van der Waals surface area (Å²) in [5, 5.41) is 0. The van der Waals surface area contributed by atoms with Gasteiger partial charge in [0.15, 0.2) is 7.51 Å². The first kappa shape index (κ1) is 14.8. The lowest BCUT2D eigenvalue weighted by Gasteiger charge is -2.40. The lowest BCUT2D eigenvalue weighted by atomic mass is 10.7. The van der Waals surface area contributed by atoms with Gasteiger partial charge in [-0.05, 0) is 42.3 Å². The summed E-state index contributed by atoms with van der Waals surface area (Å²) in [6.45, 7) is 4.36. The molecule has 90 valence electrons. The summed E-state index contributed by atoms with van der Waals surface area (Å²) in [7, 11) is 10.5. The Hall–Kier alpha value is -0.190. The largest absolute Gasteiger partial charge is 0.251 e. The van der Waals surface area contributed by atoms with E-state index in [-0.39, 0.29) is 0 Å². The summed E-state index contributed by atoms with van der Waals surface area (Å²) >= 11 is 0. The fourth-order valence-corrected chi connectivity index (χ4v) is 4.50. The van der Waals surface area contributed by atoms with E-state index in [1.807, 2.05) is 42.3 Å². The molecule has 0 aromatic rings. The topological polar surface area (TPSA) is 34.1 Å².